The Labute approximate surface area is 559 Å². The summed E-state index contributed by atoms with van der Waals surface area (Å²) >= 11 is 3.95. The number of ether oxygens (including phenoxy) is 5. The zero-order chi connectivity index (χ0) is 67.9. The van der Waals surface area contributed by atoms with Crippen LogP contribution in [-0.4, -0.2) is 175 Å². The molecule has 4 amide bonds. The van der Waals surface area contributed by atoms with E-state index in [2.05, 4.69) is 88.6 Å². The summed E-state index contributed by atoms with van der Waals surface area (Å²) in [6.07, 6.45) is 10.7. The lowest BCUT2D eigenvalue weighted by Gasteiger charge is -2.27. The monoisotopic (exact) mass is 1350 g/mol. The number of benzene rings is 2. The summed E-state index contributed by atoms with van der Waals surface area (Å²) in [5.74, 6) is 2.83. The fraction of sp³-hybridized carbons (Fsp3) is 0.462. The zero-order valence-corrected chi connectivity index (χ0v) is 56.9. The highest BCUT2D eigenvalue weighted by molar-refractivity contribution is 8.12. The number of unbranched alkanes of at least 4 members (excludes halogenated alkanes) is 1. The third-order valence-electron chi connectivity index (χ3n) is 14.6. The summed E-state index contributed by atoms with van der Waals surface area (Å²) < 4.78 is 34.7. The second kappa shape index (κ2) is 35.9. The molecule has 5 heterocycles. The summed E-state index contributed by atoms with van der Waals surface area (Å²) in [5, 5.41) is 20.3. The van der Waals surface area contributed by atoms with Crippen molar-refractivity contribution >= 4 is 105 Å². The number of thioether (sulfide) groups is 1. The van der Waals surface area contributed by atoms with Gasteiger partial charge in [-0.15, -0.1) is 5.10 Å². The maximum atomic E-state index is 13.3. The van der Waals surface area contributed by atoms with Crippen molar-refractivity contribution in [3.63, 3.8) is 0 Å². The van der Waals surface area contributed by atoms with E-state index in [9.17, 15) is 38.4 Å². The molecule has 3 aromatic heterocycles. The quantitative estimate of drug-likeness (QED) is 0.00600. The minimum atomic E-state index is -1.61. The SMILES string of the molecule is CSc1ncc(C#CCCCC(=O)NCc2cn(CC(C)(C)OCC(C)NSC(=O)COCC(=O)NC(C(=O)NCC(=O)Nc3ccc(COC(=O)OC4C(=O)OCC(C=O)=C4/C=C4/c5nc6ccccc6c(CCN(SC)C(C)C)c5CN4C)cc3)C(C)C)nn2)cn1. The van der Waals surface area contributed by atoms with Crippen LogP contribution in [-0.2, 0) is 89.9 Å². The first-order valence-corrected chi connectivity index (χ1v) is 33.7. The van der Waals surface area contributed by atoms with Crippen molar-refractivity contribution < 1.29 is 62.0 Å². The first kappa shape index (κ1) is 73.2. The Morgan fingerprint density at radius 2 is 1.71 bits per heavy atom. The molecule has 0 bridgehead atoms. The van der Waals surface area contributed by atoms with Gasteiger partial charge >= 0.3 is 12.1 Å². The Morgan fingerprint density at radius 3 is 2.43 bits per heavy atom. The molecule has 2 aliphatic rings. The number of hydrogen-bond donors (Lipinski definition) is 5. The van der Waals surface area contributed by atoms with Crippen LogP contribution < -0.4 is 26.0 Å². The van der Waals surface area contributed by atoms with Crippen LogP contribution in [0.3, 0.4) is 0 Å². The van der Waals surface area contributed by atoms with Gasteiger partial charge < -0.3 is 49.9 Å². The van der Waals surface area contributed by atoms with Crippen molar-refractivity contribution in [1.82, 2.24) is 59.8 Å². The molecule has 2 aromatic carbocycles. The summed E-state index contributed by atoms with van der Waals surface area (Å²) in [6, 6.07) is 13.3. The standard InChI is InChI=1S/C65H81N13O13S3/c1-40(2)58(72-56(82)37-87-38-57(83)94-74-42(5)34-90-65(6,7)39-77-31-47(73-75-77)29-66-54(80)19-13-11-12-16-44-27-68-63(92-9)69-28-44)61(84)67-30-55(81)70-46-22-20-43(21-23-46)35-89-64(86)91-60-50(45(33-79)36-88-62(60)85)26-53-59-51(32-76(53)8)48(24-25-78(93-10)41(3)4)49-17-14-15-18-52(49)71-59/h14-15,17-18,20-23,26-28,31,33,40-42,58,60,74H,11,13,19,24-25,29-30,32,34-39H2,1-10H3,(H,66,80)(H,67,84)(H,70,81)(H,72,82)/b53-26-. The maximum Gasteiger partial charge on any atom is 0.509 e. The van der Waals surface area contributed by atoms with Gasteiger partial charge in [-0.2, -0.15) is 0 Å². The topological polar surface area (TPSA) is 319 Å². The lowest BCUT2D eigenvalue weighted by Crippen LogP contribution is -2.51. The number of nitrogens with zero attached hydrogens (tertiary/aromatic N) is 8. The molecule has 2 aliphatic heterocycles. The highest BCUT2D eigenvalue weighted by Gasteiger charge is 2.37. The molecule has 502 valence electrons. The molecular weight excluding hydrogens is 1270 g/mol. The van der Waals surface area contributed by atoms with Crippen LogP contribution in [0, 0.1) is 17.8 Å². The number of esters is 1. The van der Waals surface area contributed by atoms with Gasteiger partial charge in [0.15, 0.2) is 5.16 Å². The van der Waals surface area contributed by atoms with Gasteiger partial charge in [0.1, 0.15) is 44.4 Å². The van der Waals surface area contributed by atoms with Gasteiger partial charge in [-0.1, -0.05) is 84.9 Å². The van der Waals surface area contributed by atoms with Crippen LogP contribution >= 0.6 is 35.7 Å². The van der Waals surface area contributed by atoms with E-state index >= 15 is 0 Å². The predicted molar refractivity (Wildman–Crippen MR) is 357 cm³/mol. The van der Waals surface area contributed by atoms with Gasteiger partial charge in [0.2, 0.25) is 34.8 Å². The van der Waals surface area contributed by atoms with Crippen molar-refractivity contribution in [3.05, 3.63) is 118 Å². The number of anilines is 1. The zero-order valence-electron chi connectivity index (χ0n) is 54.4. The fourth-order valence-electron chi connectivity index (χ4n) is 9.78. The van der Waals surface area contributed by atoms with E-state index in [1.807, 2.05) is 57.2 Å². The molecule has 3 unspecified atom stereocenters. The molecule has 5 aromatic rings. The molecule has 0 aliphatic carbocycles. The van der Waals surface area contributed by atoms with Gasteiger partial charge in [0.05, 0.1) is 60.5 Å². The van der Waals surface area contributed by atoms with Crippen molar-refractivity contribution in [1.29, 1.82) is 0 Å². The van der Waals surface area contributed by atoms with Crippen LogP contribution in [0.5, 0.6) is 0 Å². The number of amides is 4. The third kappa shape index (κ3) is 22.2. The number of fused-ring (bicyclic) bond motifs is 2. The molecule has 0 saturated heterocycles. The van der Waals surface area contributed by atoms with E-state index in [1.54, 1.807) is 79.4 Å². The lowest BCUT2D eigenvalue weighted by atomic mass is 9.96. The van der Waals surface area contributed by atoms with Crippen molar-refractivity contribution in [3.8, 4) is 11.8 Å². The summed E-state index contributed by atoms with van der Waals surface area (Å²) in [5.41, 5.74) is 6.09. The van der Waals surface area contributed by atoms with Crippen molar-refractivity contribution in [2.24, 2.45) is 5.92 Å². The van der Waals surface area contributed by atoms with Crippen molar-refractivity contribution in [2.45, 2.75) is 135 Å². The fourth-order valence-corrected chi connectivity index (χ4v) is 11.3. The second-order valence-corrected chi connectivity index (χ2v) is 25.8. The maximum absolute atomic E-state index is 13.3. The van der Waals surface area contributed by atoms with E-state index in [-0.39, 0.29) is 55.4 Å². The Hall–Kier alpha value is -8.24. The van der Waals surface area contributed by atoms with Gasteiger partial charge in [0, 0.05) is 85.2 Å². The number of aldehydes is 1. The van der Waals surface area contributed by atoms with Gasteiger partial charge in [-0.3, -0.25) is 33.5 Å². The number of pyridine rings is 1. The number of carbonyl (C=O) groups is 8. The Bertz CT molecular complexity index is 3630. The van der Waals surface area contributed by atoms with Crippen molar-refractivity contribution in [2.75, 3.05) is 64.4 Å². The average Bonchev–Trinajstić information content (AvgIpc) is 1.56. The number of aromatic nitrogens is 6. The van der Waals surface area contributed by atoms with E-state index in [1.165, 1.54) is 11.8 Å². The van der Waals surface area contributed by atoms with E-state index in [0.717, 1.165) is 52.5 Å². The molecule has 5 N–H and O–H groups in total. The number of hydrogen-bond acceptors (Lipinski definition) is 24. The van der Waals surface area contributed by atoms with Crippen LogP contribution in [0.2, 0.25) is 0 Å². The van der Waals surface area contributed by atoms with Crippen LogP contribution in [0.1, 0.15) is 101 Å². The molecule has 0 saturated carbocycles. The summed E-state index contributed by atoms with van der Waals surface area (Å²) in [6.45, 7) is 13.6. The van der Waals surface area contributed by atoms with Gasteiger partial charge in [-0.25, -0.2) is 33.5 Å². The second-order valence-electron chi connectivity index (χ2n) is 23.3. The molecule has 29 heteroatoms. The Kier molecular flexibility index (Phi) is 27.9. The van der Waals surface area contributed by atoms with E-state index < -0.39 is 72.5 Å². The summed E-state index contributed by atoms with van der Waals surface area (Å²) in [4.78, 5) is 118. The first-order chi connectivity index (χ1) is 45.0. The number of para-hydroxylation sites is 1. The van der Waals surface area contributed by atoms with Crippen LogP contribution in [0.4, 0.5) is 10.5 Å². The molecule has 3 atom stereocenters. The molecule has 0 radical (unpaired) electrons. The predicted octanol–water partition coefficient (Wildman–Crippen LogP) is 6.13. The smallest absolute Gasteiger partial charge is 0.458 e. The van der Waals surface area contributed by atoms with Crippen LogP contribution in [0.25, 0.3) is 16.6 Å². The largest absolute Gasteiger partial charge is 0.509 e. The van der Waals surface area contributed by atoms with Gasteiger partial charge in [0.25, 0.3) is 0 Å². The minimum Gasteiger partial charge on any atom is -0.458 e. The third-order valence-corrected chi connectivity index (χ3v) is 17.1. The number of rotatable bonds is 33. The molecule has 0 spiro atoms. The molecular formula is C65H81N13O13S3. The Morgan fingerprint density at radius 1 is 0.957 bits per heavy atom. The number of nitrogens with one attached hydrogen (secondary N) is 5. The van der Waals surface area contributed by atoms with E-state index in [0.29, 0.717) is 78.2 Å². The Balaban J connectivity index is 0.776. The molecule has 7 rings (SSSR count). The highest BCUT2D eigenvalue weighted by atomic mass is 32.2. The molecule has 94 heavy (non-hydrogen) atoms. The average molecular weight is 1350 g/mol. The molecule has 26 nitrogen and oxygen atoms in total. The van der Waals surface area contributed by atoms with E-state index in [4.69, 9.17) is 28.7 Å². The number of carbonyl (C=O) groups excluding carboxylic acids is 8. The van der Waals surface area contributed by atoms with Gasteiger partial charge in [-0.05, 0) is 113 Å². The highest BCUT2D eigenvalue weighted by Crippen LogP contribution is 2.38. The minimum absolute atomic E-state index is 0.118. The summed E-state index contributed by atoms with van der Waals surface area (Å²) in [7, 11) is 1.90. The molecule has 0 fully saturated rings. The van der Waals surface area contributed by atoms with Crippen LogP contribution in [0.15, 0.2) is 89.5 Å². The number of cyclic esters (lactones) is 1. The lowest BCUT2D eigenvalue weighted by molar-refractivity contribution is -0.153. The first-order valence-electron chi connectivity index (χ1n) is 30.5. The normalized spacial score (nSPS) is 14.9.